The van der Waals surface area contributed by atoms with Crippen molar-refractivity contribution in [3.05, 3.63) is 0 Å². The normalized spacial score (nSPS) is 20.5. The van der Waals surface area contributed by atoms with Gasteiger partial charge in [-0.05, 0) is 46.2 Å². The van der Waals surface area contributed by atoms with Gasteiger partial charge in [-0.15, -0.1) is 0 Å². The molecule has 0 saturated heterocycles. The van der Waals surface area contributed by atoms with Crippen molar-refractivity contribution in [3.8, 4) is 0 Å². The molecule has 1 saturated carbocycles. The zero-order chi connectivity index (χ0) is 13.4. The van der Waals surface area contributed by atoms with E-state index in [1.54, 1.807) is 6.92 Å². The van der Waals surface area contributed by atoms with E-state index in [2.05, 4.69) is 10.2 Å². The zero-order valence-corrected chi connectivity index (χ0v) is 11.9. The third-order valence-corrected chi connectivity index (χ3v) is 3.58. The summed E-state index contributed by atoms with van der Waals surface area (Å²) in [7, 11) is 0. The van der Waals surface area contributed by atoms with E-state index in [0.717, 1.165) is 26.1 Å². The average molecular weight is 258 g/mol. The van der Waals surface area contributed by atoms with E-state index in [-0.39, 0.29) is 12.2 Å². The maximum atomic E-state index is 9.57. The van der Waals surface area contributed by atoms with Gasteiger partial charge in [0.25, 0.3) is 0 Å². The van der Waals surface area contributed by atoms with Crippen molar-refractivity contribution >= 4 is 0 Å². The van der Waals surface area contributed by atoms with E-state index in [1.165, 1.54) is 25.7 Å². The van der Waals surface area contributed by atoms with Gasteiger partial charge >= 0.3 is 0 Å². The summed E-state index contributed by atoms with van der Waals surface area (Å²) in [6, 6.07) is 0.677. The minimum Gasteiger partial charge on any atom is -0.392 e. The average Bonchev–Trinajstić information content (AvgIpc) is 2.79. The molecule has 0 aromatic carbocycles. The van der Waals surface area contributed by atoms with E-state index < -0.39 is 0 Å². The summed E-state index contributed by atoms with van der Waals surface area (Å²) in [6.07, 6.45) is 5.81. The number of aliphatic hydroxyl groups excluding tert-OH is 2. The van der Waals surface area contributed by atoms with Gasteiger partial charge in [0.05, 0.1) is 12.2 Å². The Morgan fingerprint density at radius 3 is 2.39 bits per heavy atom. The van der Waals surface area contributed by atoms with Crippen molar-refractivity contribution in [2.45, 2.75) is 64.2 Å². The van der Waals surface area contributed by atoms with Crippen LogP contribution >= 0.6 is 0 Å². The number of nitrogens with zero attached hydrogens (tertiary/aromatic N) is 1. The highest BCUT2D eigenvalue weighted by molar-refractivity contribution is 4.78. The highest BCUT2D eigenvalue weighted by atomic mass is 16.3. The molecular formula is C14H30N2O2. The molecule has 0 bridgehead atoms. The van der Waals surface area contributed by atoms with Crippen LogP contribution in [0.2, 0.25) is 0 Å². The summed E-state index contributed by atoms with van der Waals surface area (Å²) >= 11 is 0. The molecule has 0 amide bonds. The molecule has 2 atom stereocenters. The van der Waals surface area contributed by atoms with Gasteiger partial charge in [0, 0.05) is 19.1 Å². The van der Waals surface area contributed by atoms with Gasteiger partial charge in [-0.25, -0.2) is 0 Å². The molecule has 4 nitrogen and oxygen atoms in total. The van der Waals surface area contributed by atoms with Crippen molar-refractivity contribution in [1.82, 2.24) is 10.2 Å². The van der Waals surface area contributed by atoms with Gasteiger partial charge in [0.15, 0.2) is 0 Å². The van der Waals surface area contributed by atoms with E-state index in [1.807, 2.05) is 6.92 Å². The fourth-order valence-corrected chi connectivity index (χ4v) is 2.75. The van der Waals surface area contributed by atoms with Crippen molar-refractivity contribution in [3.63, 3.8) is 0 Å². The number of hydrogen-bond acceptors (Lipinski definition) is 4. The van der Waals surface area contributed by atoms with Crippen molar-refractivity contribution in [2.75, 3.05) is 26.2 Å². The van der Waals surface area contributed by atoms with Gasteiger partial charge in [0.2, 0.25) is 0 Å². The largest absolute Gasteiger partial charge is 0.392 e. The van der Waals surface area contributed by atoms with Crippen molar-refractivity contribution < 1.29 is 10.2 Å². The monoisotopic (exact) mass is 258 g/mol. The first-order valence-corrected chi connectivity index (χ1v) is 7.40. The van der Waals surface area contributed by atoms with E-state index in [4.69, 9.17) is 5.11 Å². The molecule has 0 spiro atoms. The molecule has 3 N–H and O–H groups in total. The third-order valence-electron chi connectivity index (χ3n) is 3.58. The number of hydrogen-bond donors (Lipinski definition) is 3. The molecule has 108 valence electrons. The zero-order valence-electron chi connectivity index (χ0n) is 11.9. The Morgan fingerprint density at radius 1 is 1.17 bits per heavy atom. The van der Waals surface area contributed by atoms with Gasteiger partial charge < -0.3 is 15.5 Å². The van der Waals surface area contributed by atoms with Crippen LogP contribution in [0.15, 0.2) is 0 Å². The van der Waals surface area contributed by atoms with E-state index in [0.29, 0.717) is 12.6 Å². The number of nitrogens with one attached hydrogen (secondary N) is 1. The molecule has 1 aliphatic carbocycles. The lowest BCUT2D eigenvalue weighted by molar-refractivity contribution is 0.0977. The highest BCUT2D eigenvalue weighted by Gasteiger charge is 2.22. The number of aliphatic hydroxyl groups is 2. The van der Waals surface area contributed by atoms with Crippen LogP contribution < -0.4 is 5.32 Å². The Hall–Kier alpha value is -0.160. The fourth-order valence-electron chi connectivity index (χ4n) is 2.75. The second kappa shape index (κ2) is 8.86. The van der Waals surface area contributed by atoms with Crippen LogP contribution in [0, 0.1) is 0 Å². The summed E-state index contributed by atoms with van der Waals surface area (Å²) in [4.78, 5) is 2.45. The predicted molar refractivity (Wildman–Crippen MR) is 74.7 cm³/mol. The Labute approximate surface area is 111 Å². The predicted octanol–water partition coefficient (Wildman–Crippen LogP) is 0.972. The Kier molecular flexibility index (Phi) is 7.82. The molecule has 1 rings (SSSR count). The molecule has 1 fully saturated rings. The summed E-state index contributed by atoms with van der Waals surface area (Å²) in [5.74, 6) is 0. The molecule has 0 heterocycles. The molecular weight excluding hydrogens is 228 g/mol. The molecule has 0 aromatic rings. The summed E-state index contributed by atoms with van der Waals surface area (Å²) in [5, 5.41) is 22.0. The maximum absolute atomic E-state index is 9.57. The first kappa shape index (κ1) is 15.9. The topological polar surface area (TPSA) is 55.7 Å². The van der Waals surface area contributed by atoms with Crippen molar-refractivity contribution in [1.29, 1.82) is 0 Å². The van der Waals surface area contributed by atoms with Crippen LogP contribution in [-0.2, 0) is 0 Å². The highest BCUT2D eigenvalue weighted by Crippen LogP contribution is 2.23. The maximum Gasteiger partial charge on any atom is 0.0639 e. The van der Waals surface area contributed by atoms with Crippen molar-refractivity contribution in [2.24, 2.45) is 0 Å². The van der Waals surface area contributed by atoms with Gasteiger partial charge in [0.1, 0.15) is 0 Å². The Bertz CT molecular complexity index is 204. The SMILES string of the molecule is CC(O)CNCCCN(CC(C)O)C1CCCC1. The Morgan fingerprint density at radius 2 is 1.83 bits per heavy atom. The minimum absolute atomic E-state index is 0.240. The lowest BCUT2D eigenvalue weighted by Gasteiger charge is -2.30. The van der Waals surface area contributed by atoms with Crippen LogP contribution in [0.5, 0.6) is 0 Å². The molecule has 0 radical (unpaired) electrons. The minimum atomic E-state index is -0.270. The first-order chi connectivity index (χ1) is 8.59. The third kappa shape index (κ3) is 6.69. The van der Waals surface area contributed by atoms with Crippen LogP contribution in [-0.4, -0.2) is 59.5 Å². The molecule has 0 aromatic heterocycles. The van der Waals surface area contributed by atoms with Gasteiger partial charge in [-0.2, -0.15) is 0 Å². The lowest BCUT2D eigenvalue weighted by atomic mass is 10.2. The summed E-state index contributed by atoms with van der Waals surface area (Å²) in [5.41, 5.74) is 0. The quantitative estimate of drug-likeness (QED) is 0.540. The van der Waals surface area contributed by atoms with Crippen LogP contribution in [0.4, 0.5) is 0 Å². The molecule has 1 aliphatic rings. The summed E-state index contributed by atoms with van der Waals surface area (Å²) in [6.45, 7) is 7.11. The molecule has 0 aliphatic heterocycles. The van der Waals surface area contributed by atoms with Crippen LogP contribution in [0.3, 0.4) is 0 Å². The van der Waals surface area contributed by atoms with E-state index >= 15 is 0 Å². The smallest absolute Gasteiger partial charge is 0.0639 e. The van der Waals surface area contributed by atoms with Gasteiger partial charge in [-0.3, -0.25) is 4.90 Å². The second-order valence-electron chi connectivity index (χ2n) is 5.69. The van der Waals surface area contributed by atoms with E-state index in [9.17, 15) is 5.11 Å². The summed E-state index contributed by atoms with van der Waals surface area (Å²) < 4.78 is 0. The van der Waals surface area contributed by atoms with Crippen LogP contribution in [0.1, 0.15) is 46.0 Å². The standard InChI is InChI=1S/C14H30N2O2/c1-12(17)10-15-8-5-9-16(11-13(2)18)14-6-3-4-7-14/h12-15,17-18H,3-11H2,1-2H3. The van der Waals surface area contributed by atoms with Crippen LogP contribution in [0.25, 0.3) is 0 Å². The first-order valence-electron chi connectivity index (χ1n) is 7.40. The number of rotatable bonds is 9. The Balaban J connectivity index is 2.19. The lowest BCUT2D eigenvalue weighted by Crippen LogP contribution is -2.40. The fraction of sp³-hybridized carbons (Fsp3) is 1.00. The van der Waals surface area contributed by atoms with Gasteiger partial charge in [-0.1, -0.05) is 12.8 Å². The molecule has 2 unspecified atom stereocenters. The second-order valence-corrected chi connectivity index (χ2v) is 5.69. The molecule has 18 heavy (non-hydrogen) atoms. The molecule has 4 heteroatoms.